The number of guanidine groups is 1. The molecule has 2 fully saturated rings. The van der Waals surface area contributed by atoms with Crippen LogP contribution in [0.25, 0.3) is 0 Å². The van der Waals surface area contributed by atoms with E-state index in [1.807, 2.05) is 30.9 Å². The van der Waals surface area contributed by atoms with Crippen molar-refractivity contribution in [2.24, 2.45) is 4.99 Å². The number of halogens is 2. The van der Waals surface area contributed by atoms with Gasteiger partial charge in [0.2, 0.25) is 0 Å². The Morgan fingerprint density at radius 3 is 2.54 bits per heavy atom. The van der Waals surface area contributed by atoms with E-state index in [0.717, 1.165) is 30.6 Å². The molecule has 0 aromatic heterocycles. The first-order valence-corrected chi connectivity index (χ1v) is 9.70. The van der Waals surface area contributed by atoms with Crippen LogP contribution in [0, 0.1) is 5.82 Å². The second-order valence-electron chi connectivity index (χ2n) is 6.73. The molecule has 0 aliphatic heterocycles. The lowest BCUT2D eigenvalue weighted by atomic mass is 9.96. The number of benzene rings is 1. The Labute approximate surface area is 165 Å². The fourth-order valence-corrected chi connectivity index (χ4v) is 4.24. The maximum Gasteiger partial charge on any atom is 0.191 e. The summed E-state index contributed by atoms with van der Waals surface area (Å²) >= 11 is 1.97. The van der Waals surface area contributed by atoms with E-state index >= 15 is 0 Å². The van der Waals surface area contributed by atoms with Gasteiger partial charge < -0.3 is 10.6 Å². The predicted octanol–water partition coefficient (Wildman–Crippen LogP) is 3.92. The Morgan fingerprint density at radius 1 is 1.29 bits per heavy atom. The molecule has 24 heavy (non-hydrogen) atoms. The largest absolute Gasteiger partial charge is 0.356 e. The van der Waals surface area contributed by atoms with Gasteiger partial charge in [0.05, 0.1) is 0 Å². The van der Waals surface area contributed by atoms with Crippen molar-refractivity contribution in [2.45, 2.75) is 48.8 Å². The molecule has 0 saturated heterocycles. The predicted molar refractivity (Wildman–Crippen MR) is 112 cm³/mol. The average Bonchev–Trinajstić information content (AvgIpc) is 3.23. The van der Waals surface area contributed by atoms with E-state index in [2.05, 4.69) is 21.9 Å². The zero-order valence-corrected chi connectivity index (χ0v) is 17.5. The Bertz CT molecular complexity index is 560. The molecule has 0 amide bonds. The maximum absolute atomic E-state index is 13.1. The molecule has 2 N–H and O–H groups in total. The van der Waals surface area contributed by atoms with Crippen LogP contribution in [0.1, 0.15) is 37.7 Å². The van der Waals surface area contributed by atoms with Gasteiger partial charge in [0.15, 0.2) is 5.96 Å². The highest BCUT2D eigenvalue weighted by molar-refractivity contribution is 14.0. The summed E-state index contributed by atoms with van der Waals surface area (Å²) in [5.74, 6) is 0.727. The molecule has 1 aromatic rings. The van der Waals surface area contributed by atoms with Crippen molar-refractivity contribution >= 4 is 41.7 Å². The number of aliphatic imine (C=N–C) groups is 1. The van der Waals surface area contributed by atoms with Gasteiger partial charge in [0.1, 0.15) is 5.82 Å². The fraction of sp³-hybridized carbons (Fsp3) is 0.611. The van der Waals surface area contributed by atoms with Crippen molar-refractivity contribution in [1.82, 2.24) is 10.6 Å². The standard InChI is InChI=1S/C18H26FN3S.HI/c1-20-17(22-15-7-8-16(11-15)23-2)21-12-18(9-10-18)13-3-5-14(19)6-4-13;/h3-6,15-16H,7-12H2,1-2H3,(H2,20,21,22);1H. The smallest absolute Gasteiger partial charge is 0.191 e. The summed E-state index contributed by atoms with van der Waals surface area (Å²) in [7, 11) is 1.83. The molecular weight excluding hydrogens is 436 g/mol. The van der Waals surface area contributed by atoms with E-state index in [1.165, 1.54) is 24.8 Å². The summed E-state index contributed by atoms with van der Waals surface area (Å²) in [5, 5.41) is 7.82. The SMILES string of the molecule is CN=C(NCC1(c2ccc(F)cc2)CC1)NC1CCC(SC)C1.I. The summed E-state index contributed by atoms with van der Waals surface area (Å²) in [6.45, 7) is 0.858. The van der Waals surface area contributed by atoms with Crippen molar-refractivity contribution < 1.29 is 4.39 Å². The first kappa shape index (κ1) is 19.8. The van der Waals surface area contributed by atoms with Crippen LogP contribution in [0.4, 0.5) is 4.39 Å². The summed E-state index contributed by atoms with van der Waals surface area (Å²) < 4.78 is 13.1. The minimum absolute atomic E-state index is 0. The number of hydrogen-bond acceptors (Lipinski definition) is 2. The zero-order chi connectivity index (χ0) is 16.3. The van der Waals surface area contributed by atoms with Crippen LogP contribution in [-0.4, -0.2) is 37.1 Å². The molecule has 2 saturated carbocycles. The molecule has 3 rings (SSSR count). The van der Waals surface area contributed by atoms with Crippen LogP contribution >= 0.6 is 35.7 Å². The zero-order valence-electron chi connectivity index (χ0n) is 14.3. The third kappa shape index (κ3) is 4.77. The number of hydrogen-bond donors (Lipinski definition) is 2. The van der Waals surface area contributed by atoms with Gasteiger partial charge in [-0.2, -0.15) is 11.8 Å². The van der Waals surface area contributed by atoms with E-state index in [0.29, 0.717) is 6.04 Å². The van der Waals surface area contributed by atoms with Crippen LogP contribution < -0.4 is 10.6 Å². The van der Waals surface area contributed by atoms with Crippen LogP contribution in [0.15, 0.2) is 29.3 Å². The van der Waals surface area contributed by atoms with Gasteiger partial charge in [-0.3, -0.25) is 4.99 Å². The Hall–Kier alpha value is -0.500. The van der Waals surface area contributed by atoms with Crippen LogP contribution in [0.3, 0.4) is 0 Å². The highest BCUT2D eigenvalue weighted by Gasteiger charge is 2.44. The van der Waals surface area contributed by atoms with Crippen molar-refractivity contribution in [1.29, 1.82) is 0 Å². The van der Waals surface area contributed by atoms with E-state index < -0.39 is 0 Å². The van der Waals surface area contributed by atoms with Gasteiger partial charge in [-0.05, 0) is 56.1 Å². The van der Waals surface area contributed by atoms with E-state index in [4.69, 9.17) is 0 Å². The van der Waals surface area contributed by atoms with Gasteiger partial charge in [-0.25, -0.2) is 4.39 Å². The minimum Gasteiger partial charge on any atom is -0.356 e. The van der Waals surface area contributed by atoms with Crippen LogP contribution in [0.2, 0.25) is 0 Å². The molecule has 6 heteroatoms. The average molecular weight is 463 g/mol. The third-order valence-corrected chi connectivity index (χ3v) is 6.28. The third-order valence-electron chi connectivity index (χ3n) is 5.19. The molecule has 134 valence electrons. The highest BCUT2D eigenvalue weighted by atomic mass is 127. The molecule has 1 aromatic carbocycles. The molecule has 0 spiro atoms. The van der Waals surface area contributed by atoms with Crippen LogP contribution in [-0.2, 0) is 5.41 Å². The number of rotatable bonds is 5. The molecule has 0 bridgehead atoms. The molecule has 2 atom stereocenters. The molecule has 3 nitrogen and oxygen atoms in total. The van der Waals surface area contributed by atoms with Gasteiger partial charge in [0.25, 0.3) is 0 Å². The van der Waals surface area contributed by atoms with Crippen molar-refractivity contribution in [3.8, 4) is 0 Å². The topological polar surface area (TPSA) is 36.4 Å². The Kier molecular flexibility index (Phi) is 7.22. The molecule has 2 unspecified atom stereocenters. The maximum atomic E-state index is 13.1. The summed E-state index contributed by atoms with van der Waals surface area (Å²) in [4.78, 5) is 4.37. The van der Waals surface area contributed by atoms with Gasteiger partial charge in [-0.15, -0.1) is 24.0 Å². The first-order valence-electron chi connectivity index (χ1n) is 8.41. The second kappa shape index (κ2) is 8.74. The quantitative estimate of drug-likeness (QED) is 0.395. The van der Waals surface area contributed by atoms with E-state index in [9.17, 15) is 4.39 Å². The molecule has 2 aliphatic carbocycles. The lowest BCUT2D eigenvalue weighted by molar-refractivity contribution is 0.592. The Morgan fingerprint density at radius 2 is 2.00 bits per heavy atom. The normalized spacial score (nSPS) is 25.0. The molecule has 2 aliphatic rings. The van der Waals surface area contributed by atoms with Crippen molar-refractivity contribution in [3.63, 3.8) is 0 Å². The van der Waals surface area contributed by atoms with E-state index in [-0.39, 0.29) is 35.2 Å². The molecule has 0 radical (unpaired) electrons. The van der Waals surface area contributed by atoms with Crippen molar-refractivity contribution in [3.05, 3.63) is 35.6 Å². The van der Waals surface area contributed by atoms with E-state index in [1.54, 1.807) is 12.1 Å². The Balaban J connectivity index is 0.00000208. The summed E-state index contributed by atoms with van der Waals surface area (Å²) in [5.41, 5.74) is 1.38. The second-order valence-corrected chi connectivity index (χ2v) is 7.86. The minimum atomic E-state index is -0.167. The lowest BCUT2D eigenvalue weighted by Gasteiger charge is -2.21. The number of thioether (sulfide) groups is 1. The van der Waals surface area contributed by atoms with Crippen LogP contribution in [0.5, 0.6) is 0 Å². The van der Waals surface area contributed by atoms with Gasteiger partial charge >= 0.3 is 0 Å². The van der Waals surface area contributed by atoms with Gasteiger partial charge in [-0.1, -0.05) is 12.1 Å². The highest BCUT2D eigenvalue weighted by Crippen LogP contribution is 2.47. The number of nitrogens with one attached hydrogen (secondary N) is 2. The summed E-state index contributed by atoms with van der Waals surface area (Å²) in [6, 6.07) is 7.48. The molecule has 0 heterocycles. The first-order chi connectivity index (χ1) is 11.1. The molecular formula is C18H27FIN3S. The van der Waals surface area contributed by atoms with Gasteiger partial charge in [0, 0.05) is 30.3 Å². The van der Waals surface area contributed by atoms with Crippen molar-refractivity contribution in [2.75, 3.05) is 19.8 Å². The number of nitrogens with zero attached hydrogens (tertiary/aromatic N) is 1. The summed E-state index contributed by atoms with van der Waals surface area (Å²) in [6.07, 6.45) is 8.22. The fourth-order valence-electron chi connectivity index (χ4n) is 3.45. The lowest BCUT2D eigenvalue weighted by Crippen LogP contribution is -2.45. The monoisotopic (exact) mass is 463 g/mol.